The standard InChI is InChI=1S/C15H20N2/c1-15(2)9-5-7-13(10-15)17-14-8-4-3-6-12(14)11-16/h3-4,6,8,13,17H,5,7,9-10H2,1-2H3. The maximum absolute atomic E-state index is 9.06. The lowest BCUT2D eigenvalue weighted by Crippen LogP contribution is -2.31. The van der Waals surface area contributed by atoms with E-state index in [-0.39, 0.29) is 0 Å². The molecule has 90 valence electrons. The van der Waals surface area contributed by atoms with Crippen LogP contribution in [0, 0.1) is 16.7 Å². The van der Waals surface area contributed by atoms with Crippen molar-refractivity contribution in [3.05, 3.63) is 29.8 Å². The van der Waals surface area contributed by atoms with Crippen molar-refractivity contribution < 1.29 is 0 Å². The third-order valence-corrected chi connectivity index (χ3v) is 3.61. The average molecular weight is 228 g/mol. The van der Waals surface area contributed by atoms with Crippen LogP contribution in [0.3, 0.4) is 0 Å². The zero-order valence-electron chi connectivity index (χ0n) is 10.7. The Kier molecular flexibility index (Phi) is 3.38. The number of hydrogen-bond donors (Lipinski definition) is 1. The van der Waals surface area contributed by atoms with Crippen LogP contribution in [0.2, 0.25) is 0 Å². The van der Waals surface area contributed by atoms with Gasteiger partial charge < -0.3 is 5.32 Å². The van der Waals surface area contributed by atoms with Crippen molar-refractivity contribution in [2.75, 3.05) is 5.32 Å². The Morgan fingerprint density at radius 2 is 2.12 bits per heavy atom. The summed E-state index contributed by atoms with van der Waals surface area (Å²) in [5.74, 6) is 0. The molecule has 0 aromatic heterocycles. The van der Waals surface area contributed by atoms with Crippen LogP contribution in [0.25, 0.3) is 0 Å². The molecular formula is C15H20N2. The molecule has 2 heteroatoms. The highest BCUT2D eigenvalue weighted by Crippen LogP contribution is 2.36. The third kappa shape index (κ3) is 3.00. The lowest BCUT2D eigenvalue weighted by atomic mass is 9.75. The van der Waals surface area contributed by atoms with Crippen molar-refractivity contribution in [2.45, 2.75) is 45.6 Å². The number of anilines is 1. The molecule has 1 fully saturated rings. The van der Waals surface area contributed by atoms with Gasteiger partial charge in [0, 0.05) is 6.04 Å². The highest BCUT2D eigenvalue weighted by atomic mass is 14.9. The number of rotatable bonds is 2. The first-order valence-corrected chi connectivity index (χ1v) is 6.36. The van der Waals surface area contributed by atoms with E-state index in [9.17, 15) is 0 Å². The summed E-state index contributed by atoms with van der Waals surface area (Å²) in [6.07, 6.45) is 4.99. The van der Waals surface area contributed by atoms with Gasteiger partial charge in [-0.05, 0) is 36.8 Å². The van der Waals surface area contributed by atoms with E-state index in [0.717, 1.165) is 11.3 Å². The molecule has 1 aliphatic rings. The van der Waals surface area contributed by atoms with Crippen molar-refractivity contribution in [3.63, 3.8) is 0 Å². The van der Waals surface area contributed by atoms with E-state index in [0.29, 0.717) is 11.5 Å². The van der Waals surface area contributed by atoms with Crippen molar-refractivity contribution in [1.29, 1.82) is 5.26 Å². The van der Waals surface area contributed by atoms with E-state index in [2.05, 4.69) is 25.2 Å². The Morgan fingerprint density at radius 3 is 2.82 bits per heavy atom. The first-order valence-electron chi connectivity index (χ1n) is 6.36. The maximum atomic E-state index is 9.06. The molecule has 0 bridgehead atoms. The molecule has 0 aliphatic heterocycles. The number of nitrogens with zero attached hydrogens (tertiary/aromatic N) is 1. The normalized spacial score (nSPS) is 22.8. The molecule has 17 heavy (non-hydrogen) atoms. The lowest BCUT2D eigenvalue weighted by molar-refractivity contribution is 0.229. The van der Waals surface area contributed by atoms with E-state index >= 15 is 0 Å². The van der Waals surface area contributed by atoms with Gasteiger partial charge in [0.1, 0.15) is 6.07 Å². The number of para-hydroxylation sites is 1. The summed E-state index contributed by atoms with van der Waals surface area (Å²) in [7, 11) is 0. The first kappa shape index (κ1) is 12.0. The second-order valence-corrected chi connectivity index (χ2v) is 5.76. The zero-order chi connectivity index (χ0) is 12.3. The Labute approximate surface area is 104 Å². The summed E-state index contributed by atoms with van der Waals surface area (Å²) >= 11 is 0. The van der Waals surface area contributed by atoms with Gasteiger partial charge in [-0.2, -0.15) is 5.26 Å². The molecule has 1 N–H and O–H groups in total. The van der Waals surface area contributed by atoms with Gasteiger partial charge in [-0.3, -0.25) is 0 Å². The van der Waals surface area contributed by atoms with Gasteiger partial charge in [0.2, 0.25) is 0 Å². The average Bonchev–Trinajstić information content (AvgIpc) is 2.28. The molecule has 2 rings (SSSR count). The minimum absolute atomic E-state index is 0.428. The van der Waals surface area contributed by atoms with Gasteiger partial charge in [0.05, 0.1) is 11.3 Å². The Morgan fingerprint density at radius 1 is 1.35 bits per heavy atom. The fourth-order valence-electron chi connectivity index (χ4n) is 2.75. The second-order valence-electron chi connectivity index (χ2n) is 5.76. The Bertz CT molecular complexity index is 429. The molecule has 1 aromatic rings. The summed E-state index contributed by atoms with van der Waals surface area (Å²) in [4.78, 5) is 0. The smallest absolute Gasteiger partial charge is 0.101 e. The topological polar surface area (TPSA) is 35.8 Å². The quantitative estimate of drug-likeness (QED) is 0.832. The predicted octanol–water partition coefficient (Wildman–Crippen LogP) is 3.94. The molecule has 1 atom stereocenters. The maximum Gasteiger partial charge on any atom is 0.101 e. The second kappa shape index (κ2) is 4.79. The molecule has 1 unspecified atom stereocenters. The molecule has 0 radical (unpaired) electrons. The van der Waals surface area contributed by atoms with Crippen LogP contribution >= 0.6 is 0 Å². The molecule has 0 heterocycles. The van der Waals surface area contributed by atoms with Crippen LogP contribution in [-0.2, 0) is 0 Å². The van der Waals surface area contributed by atoms with Crippen molar-refractivity contribution >= 4 is 5.69 Å². The summed E-state index contributed by atoms with van der Waals surface area (Å²) in [5, 5.41) is 12.6. The summed E-state index contributed by atoms with van der Waals surface area (Å²) in [6.45, 7) is 4.66. The largest absolute Gasteiger partial charge is 0.381 e. The summed E-state index contributed by atoms with van der Waals surface area (Å²) in [6, 6.07) is 10.5. The third-order valence-electron chi connectivity index (χ3n) is 3.61. The fourth-order valence-corrected chi connectivity index (χ4v) is 2.75. The molecule has 0 spiro atoms. The molecule has 2 nitrogen and oxygen atoms in total. The molecule has 1 aromatic carbocycles. The van der Waals surface area contributed by atoms with E-state index in [1.807, 2.05) is 24.3 Å². The molecule has 0 amide bonds. The number of benzene rings is 1. The molecule has 1 saturated carbocycles. The summed E-state index contributed by atoms with van der Waals surface area (Å²) in [5.41, 5.74) is 2.16. The lowest BCUT2D eigenvalue weighted by Gasteiger charge is -2.36. The predicted molar refractivity (Wildman–Crippen MR) is 70.8 cm³/mol. The van der Waals surface area contributed by atoms with Crippen LogP contribution in [-0.4, -0.2) is 6.04 Å². The van der Waals surface area contributed by atoms with Crippen LogP contribution < -0.4 is 5.32 Å². The van der Waals surface area contributed by atoms with Crippen LogP contribution in [0.4, 0.5) is 5.69 Å². The minimum atomic E-state index is 0.428. The Balaban J connectivity index is 2.08. The SMILES string of the molecule is CC1(C)CCCC(Nc2ccccc2C#N)C1. The first-order chi connectivity index (χ1) is 8.11. The number of nitrogens with one attached hydrogen (secondary N) is 1. The summed E-state index contributed by atoms with van der Waals surface area (Å²) < 4.78 is 0. The minimum Gasteiger partial charge on any atom is -0.381 e. The van der Waals surface area contributed by atoms with Crippen molar-refractivity contribution in [2.24, 2.45) is 5.41 Å². The van der Waals surface area contributed by atoms with Crippen LogP contribution in [0.15, 0.2) is 24.3 Å². The van der Waals surface area contributed by atoms with Gasteiger partial charge in [-0.15, -0.1) is 0 Å². The highest BCUT2D eigenvalue weighted by molar-refractivity contribution is 5.57. The molecule has 1 aliphatic carbocycles. The zero-order valence-corrected chi connectivity index (χ0v) is 10.7. The van der Waals surface area contributed by atoms with E-state index in [4.69, 9.17) is 5.26 Å². The Hall–Kier alpha value is -1.49. The van der Waals surface area contributed by atoms with Gasteiger partial charge in [0.15, 0.2) is 0 Å². The van der Waals surface area contributed by atoms with Gasteiger partial charge in [-0.1, -0.05) is 32.4 Å². The van der Waals surface area contributed by atoms with Gasteiger partial charge in [0.25, 0.3) is 0 Å². The molecular weight excluding hydrogens is 208 g/mol. The number of hydrogen-bond acceptors (Lipinski definition) is 2. The van der Waals surface area contributed by atoms with Crippen molar-refractivity contribution in [1.82, 2.24) is 0 Å². The molecule has 0 saturated heterocycles. The van der Waals surface area contributed by atoms with Crippen molar-refractivity contribution in [3.8, 4) is 6.07 Å². The number of nitriles is 1. The van der Waals surface area contributed by atoms with Crippen LogP contribution in [0.1, 0.15) is 45.1 Å². The van der Waals surface area contributed by atoms with E-state index < -0.39 is 0 Å². The monoisotopic (exact) mass is 228 g/mol. The van der Waals surface area contributed by atoms with E-state index in [1.165, 1.54) is 25.7 Å². The fraction of sp³-hybridized carbons (Fsp3) is 0.533. The highest BCUT2D eigenvalue weighted by Gasteiger charge is 2.27. The van der Waals surface area contributed by atoms with E-state index in [1.54, 1.807) is 0 Å². The van der Waals surface area contributed by atoms with Gasteiger partial charge in [-0.25, -0.2) is 0 Å². The van der Waals surface area contributed by atoms with Gasteiger partial charge >= 0.3 is 0 Å². The van der Waals surface area contributed by atoms with Crippen LogP contribution in [0.5, 0.6) is 0 Å².